The van der Waals surface area contributed by atoms with Crippen LogP contribution in [0.25, 0.3) is 11.3 Å². The summed E-state index contributed by atoms with van der Waals surface area (Å²) in [6, 6.07) is 12.9. The monoisotopic (exact) mass is 371 g/mol. The van der Waals surface area contributed by atoms with Crippen LogP contribution in [-0.2, 0) is 4.79 Å². The van der Waals surface area contributed by atoms with E-state index in [4.69, 9.17) is 21.0 Å². The van der Waals surface area contributed by atoms with Crippen LogP contribution in [0.3, 0.4) is 0 Å². The molecule has 6 nitrogen and oxygen atoms in total. The van der Waals surface area contributed by atoms with Gasteiger partial charge in [0, 0.05) is 10.6 Å². The fourth-order valence-electron chi connectivity index (χ4n) is 2.34. The van der Waals surface area contributed by atoms with E-state index in [2.05, 4.69) is 15.6 Å². The molecule has 1 atom stereocenters. The minimum atomic E-state index is -0.738. The van der Waals surface area contributed by atoms with Crippen molar-refractivity contribution in [2.75, 3.05) is 5.32 Å². The predicted molar refractivity (Wildman–Crippen MR) is 99.4 cm³/mol. The summed E-state index contributed by atoms with van der Waals surface area (Å²) in [5.74, 6) is 0.454. The van der Waals surface area contributed by atoms with Crippen molar-refractivity contribution < 1.29 is 14.2 Å². The van der Waals surface area contributed by atoms with Crippen LogP contribution >= 0.6 is 11.6 Å². The van der Waals surface area contributed by atoms with E-state index in [1.165, 1.54) is 0 Å². The molecule has 0 unspecified atom stereocenters. The fourth-order valence-corrected chi connectivity index (χ4v) is 2.46. The number of nitrogens with zero attached hydrogens (tertiary/aromatic N) is 2. The van der Waals surface area contributed by atoms with E-state index < -0.39 is 6.10 Å². The topological polar surface area (TPSA) is 77.3 Å². The van der Waals surface area contributed by atoms with E-state index in [-0.39, 0.29) is 11.7 Å². The number of hydrogen-bond acceptors (Lipinski definition) is 5. The summed E-state index contributed by atoms with van der Waals surface area (Å²) >= 11 is 6.00. The van der Waals surface area contributed by atoms with Crippen LogP contribution in [0.5, 0.6) is 5.75 Å². The first-order chi connectivity index (χ1) is 12.4. The van der Waals surface area contributed by atoms with Gasteiger partial charge in [-0.05, 0) is 54.8 Å². The molecule has 134 valence electrons. The molecule has 2 aromatic carbocycles. The maximum atomic E-state index is 12.4. The number of anilines is 1. The van der Waals surface area contributed by atoms with Crippen LogP contribution in [0.4, 0.5) is 5.82 Å². The number of nitrogens with one attached hydrogen (secondary N) is 1. The summed E-state index contributed by atoms with van der Waals surface area (Å²) in [6.07, 6.45) is -0.738. The van der Waals surface area contributed by atoms with E-state index in [1.807, 2.05) is 38.1 Å². The molecule has 1 N–H and O–H groups in total. The van der Waals surface area contributed by atoms with E-state index in [1.54, 1.807) is 25.1 Å². The van der Waals surface area contributed by atoms with Crippen molar-refractivity contribution in [2.45, 2.75) is 26.9 Å². The number of carbonyl (C=O) groups excluding carboxylic acids is 1. The molecule has 3 aromatic rings. The molecule has 0 aliphatic rings. The van der Waals surface area contributed by atoms with Crippen LogP contribution < -0.4 is 10.1 Å². The van der Waals surface area contributed by atoms with Gasteiger partial charge in [0.1, 0.15) is 5.75 Å². The Morgan fingerprint density at radius 2 is 1.88 bits per heavy atom. The number of carbonyl (C=O) groups is 1. The van der Waals surface area contributed by atoms with Crippen molar-refractivity contribution in [3.63, 3.8) is 0 Å². The maximum absolute atomic E-state index is 12.4. The number of rotatable bonds is 5. The van der Waals surface area contributed by atoms with Gasteiger partial charge >= 0.3 is 0 Å². The molecule has 0 spiro atoms. The number of amides is 1. The van der Waals surface area contributed by atoms with Gasteiger partial charge in [-0.25, -0.2) is 4.63 Å². The minimum Gasteiger partial charge on any atom is -0.481 e. The number of halogens is 1. The minimum absolute atomic E-state index is 0.251. The average molecular weight is 372 g/mol. The number of ether oxygens (including phenoxy) is 1. The lowest BCUT2D eigenvalue weighted by Crippen LogP contribution is -2.30. The highest BCUT2D eigenvalue weighted by Crippen LogP contribution is 2.25. The smallest absolute Gasteiger partial charge is 0.266 e. The Morgan fingerprint density at radius 3 is 2.58 bits per heavy atom. The molecular formula is C19H18ClN3O3. The highest BCUT2D eigenvalue weighted by atomic mass is 35.5. The molecule has 0 bridgehead atoms. The largest absolute Gasteiger partial charge is 0.481 e. The predicted octanol–water partition coefficient (Wildman–Crippen LogP) is 4.41. The molecule has 0 aliphatic heterocycles. The van der Waals surface area contributed by atoms with Crippen molar-refractivity contribution >= 4 is 23.3 Å². The zero-order valence-electron chi connectivity index (χ0n) is 14.6. The molecule has 0 aliphatic carbocycles. The van der Waals surface area contributed by atoms with Gasteiger partial charge in [0.05, 0.1) is 0 Å². The zero-order chi connectivity index (χ0) is 18.7. The van der Waals surface area contributed by atoms with Gasteiger partial charge in [0.25, 0.3) is 5.91 Å². The SMILES string of the molecule is Cc1ccc(-c2nonc2NC(=O)[C@H](C)Oc2ccc(Cl)c(C)c2)cc1. The molecule has 0 saturated heterocycles. The van der Waals surface area contributed by atoms with Crippen molar-refractivity contribution in [1.82, 2.24) is 10.3 Å². The highest BCUT2D eigenvalue weighted by Gasteiger charge is 2.20. The van der Waals surface area contributed by atoms with E-state index in [9.17, 15) is 4.79 Å². The summed E-state index contributed by atoms with van der Waals surface area (Å²) in [6.45, 7) is 5.51. The number of hydrogen-bond donors (Lipinski definition) is 1. The third-order valence-corrected chi connectivity index (χ3v) is 4.29. The van der Waals surface area contributed by atoms with Gasteiger partial charge < -0.3 is 10.1 Å². The number of aromatic nitrogens is 2. The lowest BCUT2D eigenvalue weighted by Gasteiger charge is -2.14. The van der Waals surface area contributed by atoms with Crippen LogP contribution in [0.15, 0.2) is 47.1 Å². The van der Waals surface area contributed by atoms with Gasteiger partial charge in [-0.3, -0.25) is 4.79 Å². The van der Waals surface area contributed by atoms with Gasteiger partial charge in [0.2, 0.25) is 5.82 Å². The summed E-state index contributed by atoms with van der Waals surface area (Å²) in [4.78, 5) is 12.4. The molecule has 1 heterocycles. The second-order valence-electron chi connectivity index (χ2n) is 5.99. The molecule has 26 heavy (non-hydrogen) atoms. The fraction of sp³-hybridized carbons (Fsp3) is 0.211. The van der Waals surface area contributed by atoms with Crippen LogP contribution in [0.1, 0.15) is 18.1 Å². The molecule has 1 amide bonds. The van der Waals surface area contributed by atoms with Gasteiger partial charge in [0.15, 0.2) is 11.8 Å². The molecule has 0 radical (unpaired) electrons. The Kier molecular flexibility index (Phi) is 5.23. The van der Waals surface area contributed by atoms with E-state index in [0.717, 1.165) is 16.7 Å². The first-order valence-electron chi connectivity index (χ1n) is 8.07. The molecular weight excluding hydrogens is 354 g/mol. The Hall–Kier alpha value is -2.86. The van der Waals surface area contributed by atoms with Crippen molar-refractivity contribution in [3.05, 3.63) is 58.6 Å². The molecule has 0 fully saturated rings. The van der Waals surface area contributed by atoms with Crippen molar-refractivity contribution in [2.24, 2.45) is 0 Å². The Labute approximate surface area is 156 Å². The molecule has 0 saturated carbocycles. The summed E-state index contributed by atoms with van der Waals surface area (Å²) in [5.41, 5.74) is 3.26. The van der Waals surface area contributed by atoms with Gasteiger partial charge in [-0.1, -0.05) is 41.4 Å². The quantitative estimate of drug-likeness (QED) is 0.718. The summed E-state index contributed by atoms with van der Waals surface area (Å²) in [5, 5.41) is 11.0. The lowest BCUT2D eigenvalue weighted by atomic mass is 10.1. The van der Waals surface area contributed by atoms with Crippen LogP contribution in [-0.4, -0.2) is 22.3 Å². The average Bonchev–Trinajstić information content (AvgIpc) is 3.07. The first-order valence-corrected chi connectivity index (χ1v) is 8.45. The normalized spacial score (nSPS) is 11.8. The molecule has 1 aromatic heterocycles. The van der Waals surface area contributed by atoms with Crippen LogP contribution in [0.2, 0.25) is 5.02 Å². The Bertz CT molecular complexity index is 922. The third kappa shape index (κ3) is 4.03. The standard InChI is InChI=1S/C19H18ClN3O3/c1-11-4-6-14(7-5-11)17-18(23-26-22-17)21-19(24)13(3)25-15-8-9-16(20)12(2)10-15/h4-10,13H,1-3H3,(H,21,23,24)/t13-/m0/s1. The van der Waals surface area contributed by atoms with Gasteiger partial charge in [-0.2, -0.15) is 0 Å². The second kappa shape index (κ2) is 7.58. The molecule has 3 rings (SSSR count). The number of aryl methyl sites for hydroxylation is 2. The number of benzene rings is 2. The van der Waals surface area contributed by atoms with E-state index >= 15 is 0 Å². The van der Waals surface area contributed by atoms with Gasteiger partial charge in [-0.15, -0.1) is 0 Å². The first kappa shape index (κ1) is 17.9. The maximum Gasteiger partial charge on any atom is 0.266 e. The third-order valence-electron chi connectivity index (χ3n) is 3.87. The van der Waals surface area contributed by atoms with E-state index in [0.29, 0.717) is 16.5 Å². The zero-order valence-corrected chi connectivity index (χ0v) is 15.4. The second-order valence-corrected chi connectivity index (χ2v) is 6.39. The highest BCUT2D eigenvalue weighted by molar-refractivity contribution is 6.31. The Balaban J connectivity index is 1.71. The Morgan fingerprint density at radius 1 is 1.15 bits per heavy atom. The summed E-state index contributed by atoms with van der Waals surface area (Å²) in [7, 11) is 0. The summed E-state index contributed by atoms with van der Waals surface area (Å²) < 4.78 is 10.5. The van der Waals surface area contributed by atoms with Crippen molar-refractivity contribution in [3.8, 4) is 17.0 Å². The van der Waals surface area contributed by atoms with Crippen molar-refractivity contribution in [1.29, 1.82) is 0 Å². The lowest BCUT2D eigenvalue weighted by molar-refractivity contribution is -0.122. The van der Waals surface area contributed by atoms with Crippen LogP contribution in [0, 0.1) is 13.8 Å². The molecule has 7 heteroatoms.